The number of phosphoric acid groups is 2. The fraction of sp³-hybridized carbons (Fsp3) is 1.00. The van der Waals surface area contributed by atoms with Crippen LogP contribution in [0.3, 0.4) is 0 Å². The summed E-state index contributed by atoms with van der Waals surface area (Å²) in [5.41, 5.74) is 0. The molecule has 0 aliphatic rings. The Balaban J connectivity index is 0. The Morgan fingerprint density at radius 1 is 0.516 bits per heavy atom. The van der Waals surface area contributed by atoms with E-state index in [0.717, 1.165) is 38.5 Å². The molecule has 0 unspecified atom stereocenters. The number of hydrogen-bond donors (Lipinski definition) is 3. The van der Waals surface area contributed by atoms with E-state index in [0.29, 0.717) is 39.6 Å². The highest BCUT2D eigenvalue weighted by molar-refractivity contribution is 7.48. The Hall–Kier alpha value is 0.1000. The summed E-state index contributed by atoms with van der Waals surface area (Å²) in [6.45, 7) is 9.86. The first kappa shape index (κ1) is 33.3. The van der Waals surface area contributed by atoms with Crippen molar-refractivity contribution in [3.8, 4) is 0 Å². The van der Waals surface area contributed by atoms with Crippen LogP contribution in [0.2, 0.25) is 0 Å². The zero-order valence-electron chi connectivity index (χ0n) is 19.1. The van der Waals surface area contributed by atoms with E-state index in [1.54, 1.807) is 0 Å². The first-order chi connectivity index (χ1) is 14.7. The molecule has 0 spiro atoms. The average Bonchev–Trinajstić information content (AvgIpc) is 2.69. The van der Waals surface area contributed by atoms with Crippen molar-refractivity contribution in [3.63, 3.8) is 0 Å². The molecular weight excluding hydrogens is 454 g/mol. The lowest BCUT2D eigenvalue weighted by Crippen LogP contribution is -2.12. The first-order valence-corrected chi connectivity index (χ1v) is 13.8. The minimum Gasteiger partial charge on any atom is -0.379 e. The van der Waals surface area contributed by atoms with Gasteiger partial charge in [0.15, 0.2) is 0 Å². The molecule has 0 rings (SSSR count). The van der Waals surface area contributed by atoms with Crippen LogP contribution in [-0.2, 0) is 36.9 Å². The highest BCUT2D eigenvalue weighted by Gasteiger charge is 2.26. The molecule has 0 bridgehead atoms. The number of rotatable bonds is 21. The molecule has 0 aromatic carbocycles. The molecule has 0 aliphatic carbocycles. The lowest BCUT2D eigenvalue weighted by Gasteiger charge is -2.18. The molecule has 0 heterocycles. The summed E-state index contributed by atoms with van der Waals surface area (Å²) in [6, 6.07) is 0. The number of phosphoric ester groups is 1. The summed E-state index contributed by atoms with van der Waals surface area (Å²) in [5.74, 6) is 0. The molecule has 31 heavy (non-hydrogen) atoms. The topological polar surface area (TPSA) is 150 Å². The van der Waals surface area contributed by atoms with Gasteiger partial charge in [-0.05, 0) is 19.3 Å². The van der Waals surface area contributed by atoms with Crippen LogP contribution in [0.5, 0.6) is 0 Å². The Morgan fingerprint density at radius 2 is 0.774 bits per heavy atom. The quantitative estimate of drug-likeness (QED) is 0.158. The van der Waals surface area contributed by atoms with Crippen molar-refractivity contribution in [1.82, 2.24) is 0 Å². The van der Waals surface area contributed by atoms with E-state index in [2.05, 4.69) is 20.8 Å². The SMILES string of the molecule is CCCCOCCOP(=O)(OCCOCCCC)OCCOCCCC.O=P(O)(O)O. The smallest absolute Gasteiger partial charge is 0.379 e. The van der Waals surface area contributed by atoms with Crippen molar-refractivity contribution in [1.29, 1.82) is 0 Å². The van der Waals surface area contributed by atoms with E-state index < -0.39 is 15.6 Å². The maximum Gasteiger partial charge on any atom is 0.475 e. The van der Waals surface area contributed by atoms with Gasteiger partial charge in [0.1, 0.15) is 0 Å². The highest BCUT2D eigenvalue weighted by Crippen LogP contribution is 2.49. The predicted molar refractivity (Wildman–Crippen MR) is 117 cm³/mol. The molecule has 0 saturated heterocycles. The zero-order chi connectivity index (χ0) is 23.8. The molecule has 0 saturated carbocycles. The van der Waals surface area contributed by atoms with Crippen molar-refractivity contribution >= 4 is 15.6 Å². The first-order valence-electron chi connectivity index (χ1n) is 10.7. The maximum atomic E-state index is 12.6. The van der Waals surface area contributed by atoms with Crippen LogP contribution < -0.4 is 0 Å². The molecule has 0 amide bonds. The molecule has 3 N–H and O–H groups in total. The summed E-state index contributed by atoms with van der Waals surface area (Å²) in [7, 11) is -8.26. The van der Waals surface area contributed by atoms with Crippen LogP contribution in [0.1, 0.15) is 59.3 Å². The standard InChI is InChI=1S/C18H39O7P.H3O4P/c1-4-7-10-20-13-16-23-26(19,24-17-14-21-11-8-5-2)25-18-15-22-12-9-6-3;1-5(2,3)4/h4-18H2,1-3H3;(H3,1,2,3,4). The van der Waals surface area contributed by atoms with E-state index in [-0.39, 0.29) is 19.8 Å². The second kappa shape index (κ2) is 23.3. The Bertz CT molecular complexity index is 404. The molecule has 0 aliphatic heterocycles. The fourth-order valence-corrected chi connectivity index (χ4v) is 2.90. The van der Waals surface area contributed by atoms with Gasteiger partial charge in [0, 0.05) is 19.8 Å². The van der Waals surface area contributed by atoms with Crippen molar-refractivity contribution in [2.24, 2.45) is 0 Å². The fourth-order valence-electron chi connectivity index (χ4n) is 1.78. The van der Waals surface area contributed by atoms with Gasteiger partial charge in [-0.15, -0.1) is 0 Å². The third-order valence-electron chi connectivity index (χ3n) is 3.36. The zero-order valence-corrected chi connectivity index (χ0v) is 20.9. The second-order valence-electron chi connectivity index (χ2n) is 6.36. The van der Waals surface area contributed by atoms with Gasteiger partial charge in [0.05, 0.1) is 39.6 Å². The van der Waals surface area contributed by atoms with Crippen LogP contribution in [0.4, 0.5) is 0 Å². The molecular formula is C18H42O11P2. The van der Waals surface area contributed by atoms with Crippen molar-refractivity contribution in [3.05, 3.63) is 0 Å². The van der Waals surface area contributed by atoms with Crippen molar-refractivity contribution in [2.75, 3.05) is 59.5 Å². The molecule has 0 aromatic rings. The third kappa shape index (κ3) is 32.4. The molecule has 0 fully saturated rings. The van der Waals surface area contributed by atoms with E-state index in [1.807, 2.05) is 0 Å². The number of hydrogen-bond acceptors (Lipinski definition) is 8. The summed E-state index contributed by atoms with van der Waals surface area (Å²) in [5, 5.41) is 0. The van der Waals surface area contributed by atoms with E-state index in [4.69, 9.17) is 47.0 Å². The average molecular weight is 496 g/mol. The summed E-state index contributed by atoms with van der Waals surface area (Å²) < 4.78 is 53.8. The Morgan fingerprint density at radius 3 is 1.00 bits per heavy atom. The Kier molecular flexibility index (Phi) is 25.0. The highest BCUT2D eigenvalue weighted by atomic mass is 31.2. The van der Waals surface area contributed by atoms with Gasteiger partial charge in [-0.2, -0.15) is 0 Å². The van der Waals surface area contributed by atoms with Gasteiger partial charge in [-0.1, -0.05) is 40.0 Å². The van der Waals surface area contributed by atoms with Gasteiger partial charge in [0.25, 0.3) is 0 Å². The van der Waals surface area contributed by atoms with Crippen LogP contribution in [-0.4, -0.2) is 74.1 Å². The monoisotopic (exact) mass is 496 g/mol. The minimum absolute atomic E-state index is 0.161. The molecule has 11 nitrogen and oxygen atoms in total. The molecule has 13 heteroatoms. The Labute approximate surface area is 186 Å². The van der Waals surface area contributed by atoms with E-state index in [1.165, 1.54) is 0 Å². The van der Waals surface area contributed by atoms with Gasteiger partial charge in [0.2, 0.25) is 0 Å². The lowest BCUT2D eigenvalue weighted by atomic mass is 10.4. The minimum atomic E-state index is -4.64. The van der Waals surface area contributed by atoms with E-state index in [9.17, 15) is 4.57 Å². The molecule has 0 atom stereocenters. The molecule has 0 radical (unpaired) electrons. The van der Waals surface area contributed by atoms with Gasteiger partial charge >= 0.3 is 15.6 Å². The number of ether oxygens (including phenoxy) is 3. The normalized spacial score (nSPS) is 11.9. The van der Waals surface area contributed by atoms with Gasteiger partial charge in [-0.3, -0.25) is 13.6 Å². The van der Waals surface area contributed by atoms with E-state index >= 15 is 0 Å². The second-order valence-corrected chi connectivity index (χ2v) is 9.05. The number of unbranched alkanes of at least 4 members (excludes halogenated alkanes) is 3. The van der Waals surface area contributed by atoms with Crippen molar-refractivity contribution < 1.29 is 51.6 Å². The van der Waals surface area contributed by atoms with Gasteiger partial charge < -0.3 is 28.9 Å². The van der Waals surface area contributed by atoms with Gasteiger partial charge in [-0.25, -0.2) is 9.13 Å². The summed E-state index contributed by atoms with van der Waals surface area (Å²) >= 11 is 0. The summed E-state index contributed by atoms with van der Waals surface area (Å²) in [4.78, 5) is 21.6. The molecule has 0 aromatic heterocycles. The molecule has 190 valence electrons. The third-order valence-corrected chi connectivity index (χ3v) is 4.85. The van der Waals surface area contributed by atoms with Crippen LogP contribution in [0, 0.1) is 0 Å². The maximum absolute atomic E-state index is 12.6. The lowest BCUT2D eigenvalue weighted by molar-refractivity contribution is 0.0331. The van der Waals surface area contributed by atoms with Crippen LogP contribution in [0.25, 0.3) is 0 Å². The van der Waals surface area contributed by atoms with Crippen molar-refractivity contribution in [2.45, 2.75) is 59.3 Å². The summed E-state index contributed by atoms with van der Waals surface area (Å²) in [6.07, 6.45) is 6.20. The largest absolute Gasteiger partial charge is 0.475 e. The predicted octanol–water partition coefficient (Wildman–Crippen LogP) is 3.67. The van der Waals surface area contributed by atoms with Crippen LogP contribution in [0.15, 0.2) is 0 Å². The van der Waals surface area contributed by atoms with Crippen LogP contribution >= 0.6 is 15.6 Å².